The highest BCUT2D eigenvalue weighted by molar-refractivity contribution is 5.87. The minimum Gasteiger partial charge on any atom is -0.459 e. The number of carbonyl (C=O) groups is 1. The van der Waals surface area contributed by atoms with Crippen molar-refractivity contribution in [2.24, 2.45) is 5.92 Å². The van der Waals surface area contributed by atoms with Crippen LogP contribution in [-0.4, -0.2) is 24.8 Å². The van der Waals surface area contributed by atoms with Crippen molar-refractivity contribution in [3.63, 3.8) is 0 Å². The van der Waals surface area contributed by atoms with Crippen LogP contribution in [-0.2, 0) is 14.3 Å². The highest BCUT2D eigenvalue weighted by Crippen LogP contribution is 2.34. The number of ether oxygens (including phenoxy) is 2. The van der Waals surface area contributed by atoms with Crippen molar-refractivity contribution in [3.8, 4) is 0 Å². The van der Waals surface area contributed by atoms with Crippen LogP contribution in [0.2, 0.25) is 0 Å². The summed E-state index contributed by atoms with van der Waals surface area (Å²) in [5.74, 6) is -1.68. The maximum Gasteiger partial charge on any atom is 0.333 e. The molecule has 80 valence electrons. The van der Waals surface area contributed by atoms with Crippen LogP contribution < -0.4 is 0 Å². The molecule has 5 heteroatoms. The van der Waals surface area contributed by atoms with Crippen molar-refractivity contribution in [1.29, 1.82) is 0 Å². The van der Waals surface area contributed by atoms with Crippen molar-refractivity contribution < 1.29 is 23.0 Å². The van der Waals surface area contributed by atoms with Crippen molar-refractivity contribution in [2.75, 3.05) is 0 Å². The first-order valence-electron chi connectivity index (χ1n) is 4.23. The van der Waals surface area contributed by atoms with Crippen LogP contribution in [0.4, 0.5) is 8.78 Å². The Morgan fingerprint density at radius 2 is 2.00 bits per heavy atom. The van der Waals surface area contributed by atoms with Crippen LogP contribution >= 0.6 is 0 Å². The summed E-state index contributed by atoms with van der Waals surface area (Å²) in [5.41, 5.74) is 0.197. The van der Waals surface area contributed by atoms with E-state index in [4.69, 9.17) is 4.74 Å². The van der Waals surface area contributed by atoms with Crippen molar-refractivity contribution in [1.82, 2.24) is 0 Å². The van der Waals surface area contributed by atoms with Gasteiger partial charge in [-0.05, 0) is 13.8 Å². The van der Waals surface area contributed by atoms with E-state index in [1.165, 1.54) is 13.8 Å². The Kier molecular flexibility index (Phi) is 3.21. The summed E-state index contributed by atoms with van der Waals surface area (Å²) in [6, 6.07) is 0. The number of rotatable bonds is 3. The maximum absolute atomic E-state index is 12.7. The van der Waals surface area contributed by atoms with E-state index in [0.29, 0.717) is 0 Å². The summed E-state index contributed by atoms with van der Waals surface area (Å²) < 4.78 is 34.1. The third kappa shape index (κ3) is 2.09. The molecule has 0 aromatic heterocycles. The van der Waals surface area contributed by atoms with Gasteiger partial charge < -0.3 is 9.47 Å². The quantitative estimate of drug-likeness (QED) is 0.521. The van der Waals surface area contributed by atoms with Gasteiger partial charge in [0, 0.05) is 5.57 Å². The van der Waals surface area contributed by atoms with Crippen LogP contribution in [0.25, 0.3) is 0 Å². The minimum atomic E-state index is -1.70. The molecule has 0 saturated carbocycles. The molecule has 1 aliphatic rings. The maximum atomic E-state index is 12.7. The van der Waals surface area contributed by atoms with Crippen molar-refractivity contribution in [2.45, 2.75) is 32.7 Å². The second kappa shape index (κ2) is 4.04. The Balaban J connectivity index is 2.45. The molecule has 0 aromatic carbocycles. The van der Waals surface area contributed by atoms with Crippen LogP contribution in [0.15, 0.2) is 12.2 Å². The van der Waals surface area contributed by atoms with Crippen molar-refractivity contribution >= 4 is 5.97 Å². The summed E-state index contributed by atoms with van der Waals surface area (Å²) in [6.07, 6.45) is -4.24. The highest BCUT2D eigenvalue weighted by atomic mass is 19.2. The third-order valence-corrected chi connectivity index (χ3v) is 2.05. The predicted molar refractivity (Wildman–Crippen MR) is 44.7 cm³/mol. The Morgan fingerprint density at radius 3 is 2.36 bits per heavy atom. The number of alkyl halides is 2. The van der Waals surface area contributed by atoms with E-state index >= 15 is 0 Å². The van der Waals surface area contributed by atoms with E-state index in [1.807, 2.05) is 0 Å². The fourth-order valence-electron chi connectivity index (χ4n) is 1.11. The molecule has 0 N–H and O–H groups in total. The van der Waals surface area contributed by atoms with Gasteiger partial charge in [-0.3, -0.25) is 0 Å². The molecule has 0 aliphatic carbocycles. The summed E-state index contributed by atoms with van der Waals surface area (Å²) in [4.78, 5) is 11.0. The SMILES string of the molecule is C=C(C)C(=O)OC(C)C1C(F)OC1F. The van der Waals surface area contributed by atoms with Crippen molar-refractivity contribution in [3.05, 3.63) is 12.2 Å². The number of halogens is 2. The molecule has 1 fully saturated rings. The van der Waals surface area contributed by atoms with Crippen LogP contribution in [0.1, 0.15) is 13.8 Å². The van der Waals surface area contributed by atoms with Crippen LogP contribution in [0.3, 0.4) is 0 Å². The molecule has 3 atom stereocenters. The van der Waals surface area contributed by atoms with Gasteiger partial charge in [-0.25, -0.2) is 13.6 Å². The molecule has 1 heterocycles. The van der Waals surface area contributed by atoms with E-state index in [9.17, 15) is 13.6 Å². The molecule has 3 nitrogen and oxygen atoms in total. The summed E-state index contributed by atoms with van der Waals surface area (Å²) in [5, 5.41) is 0. The fourth-order valence-corrected chi connectivity index (χ4v) is 1.11. The number of hydrogen-bond donors (Lipinski definition) is 0. The molecular formula is C9H12F2O3. The van der Waals surface area contributed by atoms with Gasteiger partial charge >= 0.3 is 5.97 Å². The molecule has 14 heavy (non-hydrogen) atoms. The van der Waals surface area contributed by atoms with E-state index in [0.717, 1.165) is 0 Å². The lowest BCUT2D eigenvalue weighted by Crippen LogP contribution is -2.50. The van der Waals surface area contributed by atoms with Gasteiger partial charge in [0.05, 0.1) is 0 Å². The molecule has 0 radical (unpaired) electrons. The van der Waals surface area contributed by atoms with Gasteiger partial charge in [-0.1, -0.05) is 6.58 Å². The molecule has 1 aliphatic heterocycles. The zero-order valence-electron chi connectivity index (χ0n) is 8.00. The Bertz CT molecular complexity index is 246. The first kappa shape index (κ1) is 11.1. The summed E-state index contributed by atoms with van der Waals surface area (Å²) >= 11 is 0. The van der Waals surface area contributed by atoms with Gasteiger partial charge in [0.1, 0.15) is 12.0 Å². The van der Waals surface area contributed by atoms with E-state index in [1.54, 1.807) is 0 Å². The molecule has 0 aromatic rings. The van der Waals surface area contributed by atoms with Crippen LogP contribution in [0.5, 0.6) is 0 Å². The molecule has 0 bridgehead atoms. The average molecular weight is 206 g/mol. The zero-order chi connectivity index (χ0) is 10.9. The van der Waals surface area contributed by atoms with Gasteiger partial charge in [0.15, 0.2) is 0 Å². The molecule has 0 spiro atoms. The predicted octanol–water partition coefficient (Wildman–Crippen LogP) is 1.73. The largest absolute Gasteiger partial charge is 0.459 e. The van der Waals surface area contributed by atoms with Gasteiger partial charge in [-0.15, -0.1) is 0 Å². The molecule has 1 saturated heterocycles. The lowest BCUT2D eigenvalue weighted by molar-refractivity contribution is -0.313. The zero-order valence-corrected chi connectivity index (χ0v) is 8.00. The number of hydrogen-bond acceptors (Lipinski definition) is 3. The number of esters is 1. The average Bonchev–Trinajstić information content (AvgIpc) is 2.02. The van der Waals surface area contributed by atoms with Gasteiger partial charge in [0.2, 0.25) is 12.7 Å². The third-order valence-electron chi connectivity index (χ3n) is 2.05. The Hall–Kier alpha value is -0.970. The Morgan fingerprint density at radius 1 is 1.50 bits per heavy atom. The van der Waals surface area contributed by atoms with Gasteiger partial charge in [0.25, 0.3) is 0 Å². The lowest BCUT2D eigenvalue weighted by Gasteiger charge is -2.37. The molecule has 0 amide bonds. The molecule has 1 rings (SSSR count). The highest BCUT2D eigenvalue weighted by Gasteiger charge is 2.48. The van der Waals surface area contributed by atoms with Gasteiger partial charge in [-0.2, -0.15) is 0 Å². The van der Waals surface area contributed by atoms with E-state index in [2.05, 4.69) is 11.3 Å². The topological polar surface area (TPSA) is 35.5 Å². The number of carbonyl (C=O) groups excluding carboxylic acids is 1. The first-order valence-corrected chi connectivity index (χ1v) is 4.23. The Labute approximate surface area is 80.7 Å². The summed E-state index contributed by atoms with van der Waals surface area (Å²) in [7, 11) is 0. The molecule has 3 unspecified atom stereocenters. The van der Waals surface area contributed by atoms with E-state index in [-0.39, 0.29) is 5.57 Å². The smallest absolute Gasteiger partial charge is 0.333 e. The standard InChI is InChI=1S/C9H12F2O3/c1-4(2)9(12)13-5(3)6-7(10)14-8(6)11/h5-8H,1H2,2-3H3. The first-order chi connectivity index (χ1) is 6.43. The van der Waals surface area contributed by atoms with Crippen LogP contribution in [0, 0.1) is 5.92 Å². The molecular weight excluding hydrogens is 194 g/mol. The normalized spacial score (nSPS) is 33.0. The van der Waals surface area contributed by atoms with E-state index < -0.39 is 30.7 Å². The minimum absolute atomic E-state index is 0.197. The monoisotopic (exact) mass is 206 g/mol. The second-order valence-electron chi connectivity index (χ2n) is 3.31. The fraction of sp³-hybridized carbons (Fsp3) is 0.667. The summed E-state index contributed by atoms with van der Waals surface area (Å²) in [6.45, 7) is 6.24. The lowest BCUT2D eigenvalue weighted by atomic mass is 9.99. The second-order valence-corrected chi connectivity index (χ2v) is 3.31.